The maximum atomic E-state index is 13.4. The largest absolute Gasteiger partial charge is 0.454 e. The summed E-state index contributed by atoms with van der Waals surface area (Å²) in [6, 6.07) is 20.9. The topological polar surface area (TPSA) is 72.9 Å². The van der Waals surface area contributed by atoms with E-state index in [1.165, 1.54) is 0 Å². The lowest BCUT2D eigenvalue weighted by atomic mass is 9.87. The number of carbonyl (C=O) groups is 1. The zero-order valence-electron chi connectivity index (χ0n) is 20.1. The van der Waals surface area contributed by atoms with Gasteiger partial charge in [0, 0.05) is 19.5 Å². The van der Waals surface area contributed by atoms with E-state index in [1.54, 1.807) is 16.4 Å². The Balaban J connectivity index is 1.19. The second kappa shape index (κ2) is 9.05. The van der Waals surface area contributed by atoms with E-state index >= 15 is 0 Å². The fraction of sp³-hybridized carbons (Fsp3) is 0.345. The van der Waals surface area contributed by atoms with Gasteiger partial charge in [0.15, 0.2) is 11.5 Å². The molecule has 6 nitrogen and oxygen atoms in total. The predicted octanol–water partition coefficient (Wildman–Crippen LogP) is 5.10. The number of piperidine rings is 1. The number of hydrogen-bond acceptors (Lipinski definition) is 5. The summed E-state index contributed by atoms with van der Waals surface area (Å²) >= 11 is 0. The molecule has 3 aromatic carbocycles. The lowest BCUT2D eigenvalue weighted by molar-refractivity contribution is -0.120. The molecule has 3 aromatic rings. The van der Waals surface area contributed by atoms with Gasteiger partial charge in [-0.3, -0.25) is 4.79 Å². The van der Waals surface area contributed by atoms with Crippen molar-refractivity contribution in [1.29, 1.82) is 0 Å². The number of fused-ring (bicyclic) bond motifs is 1. The Bertz CT molecular complexity index is 1400. The Morgan fingerprint density at radius 1 is 0.833 bits per heavy atom. The van der Waals surface area contributed by atoms with Gasteiger partial charge in [0.2, 0.25) is 16.8 Å². The Hall–Kier alpha value is -3.16. The molecule has 36 heavy (non-hydrogen) atoms. The third-order valence-corrected chi connectivity index (χ3v) is 9.55. The van der Waals surface area contributed by atoms with Crippen LogP contribution >= 0.6 is 0 Å². The van der Waals surface area contributed by atoms with Crippen molar-refractivity contribution in [2.45, 2.75) is 48.8 Å². The molecule has 0 unspecified atom stereocenters. The van der Waals surface area contributed by atoms with Crippen molar-refractivity contribution in [3.05, 3.63) is 77.9 Å². The van der Waals surface area contributed by atoms with Gasteiger partial charge < -0.3 is 9.47 Å². The summed E-state index contributed by atoms with van der Waals surface area (Å²) in [6.07, 6.45) is 4.96. The summed E-state index contributed by atoms with van der Waals surface area (Å²) in [5.74, 6) is 1.64. The minimum Gasteiger partial charge on any atom is -0.454 e. The molecule has 0 N–H and O–H groups in total. The minimum atomic E-state index is -3.45. The van der Waals surface area contributed by atoms with Crippen LogP contribution in [0.15, 0.2) is 71.6 Å². The monoisotopic (exact) mass is 503 g/mol. The maximum absolute atomic E-state index is 13.4. The average molecular weight is 504 g/mol. The van der Waals surface area contributed by atoms with Crippen LogP contribution < -0.4 is 9.47 Å². The first-order valence-corrected chi connectivity index (χ1v) is 14.0. The van der Waals surface area contributed by atoms with Crippen molar-refractivity contribution in [3.63, 3.8) is 0 Å². The second-order valence-corrected chi connectivity index (χ2v) is 11.9. The van der Waals surface area contributed by atoms with Gasteiger partial charge in [0.25, 0.3) is 0 Å². The van der Waals surface area contributed by atoms with Crippen LogP contribution in [0.5, 0.6) is 11.5 Å². The highest BCUT2D eigenvalue weighted by Crippen LogP contribution is 2.51. The lowest BCUT2D eigenvalue weighted by Crippen LogP contribution is -2.35. The third kappa shape index (κ3) is 4.20. The van der Waals surface area contributed by atoms with Crippen LogP contribution in [0, 0.1) is 0 Å². The Kier molecular flexibility index (Phi) is 5.85. The number of carbonyl (C=O) groups excluding carboxylic acids is 1. The number of ether oxygens (including phenoxy) is 2. The van der Waals surface area contributed by atoms with E-state index in [9.17, 15) is 13.2 Å². The van der Waals surface area contributed by atoms with Crippen LogP contribution in [0.2, 0.25) is 0 Å². The Morgan fingerprint density at radius 2 is 1.58 bits per heavy atom. The molecular formula is C29H29NO5S. The molecule has 0 spiro atoms. The predicted molar refractivity (Wildman–Crippen MR) is 137 cm³/mol. The Morgan fingerprint density at radius 3 is 2.33 bits per heavy atom. The summed E-state index contributed by atoms with van der Waals surface area (Å²) in [5.41, 5.74) is 3.41. The van der Waals surface area contributed by atoms with Gasteiger partial charge in [-0.2, -0.15) is 4.31 Å². The fourth-order valence-corrected chi connectivity index (χ4v) is 6.85. The molecule has 6 rings (SSSR count). The highest BCUT2D eigenvalue weighted by Gasteiger charge is 2.50. The van der Waals surface area contributed by atoms with E-state index in [-0.39, 0.29) is 12.6 Å². The molecule has 2 aliphatic heterocycles. The molecule has 3 aliphatic rings. The molecule has 2 heterocycles. The number of rotatable bonds is 7. The zero-order chi connectivity index (χ0) is 24.8. The first kappa shape index (κ1) is 23.3. The zero-order valence-corrected chi connectivity index (χ0v) is 20.9. The van der Waals surface area contributed by atoms with E-state index in [2.05, 4.69) is 0 Å². The van der Waals surface area contributed by atoms with E-state index in [0.29, 0.717) is 30.2 Å². The van der Waals surface area contributed by atoms with Gasteiger partial charge in [-0.05, 0) is 72.2 Å². The smallest absolute Gasteiger partial charge is 0.243 e. The van der Waals surface area contributed by atoms with Crippen molar-refractivity contribution >= 4 is 15.8 Å². The van der Waals surface area contributed by atoms with Crippen molar-refractivity contribution in [2.75, 3.05) is 19.9 Å². The lowest BCUT2D eigenvalue weighted by Gasteiger charge is -2.25. The van der Waals surface area contributed by atoms with Gasteiger partial charge in [-0.25, -0.2) is 8.42 Å². The summed E-state index contributed by atoms with van der Waals surface area (Å²) < 4.78 is 38.4. The molecule has 0 bridgehead atoms. The molecular weight excluding hydrogens is 474 g/mol. The van der Waals surface area contributed by atoms with Crippen LogP contribution in [0.4, 0.5) is 0 Å². The van der Waals surface area contributed by atoms with E-state index in [1.807, 2.05) is 54.6 Å². The summed E-state index contributed by atoms with van der Waals surface area (Å²) in [7, 11) is -3.45. The molecule has 0 aromatic heterocycles. The first-order valence-electron chi connectivity index (χ1n) is 12.6. The van der Waals surface area contributed by atoms with Crippen LogP contribution in [-0.2, 0) is 26.7 Å². The number of sulfonamides is 1. The van der Waals surface area contributed by atoms with Crippen molar-refractivity contribution < 1.29 is 22.7 Å². The van der Waals surface area contributed by atoms with Crippen LogP contribution in [-0.4, -0.2) is 38.4 Å². The molecule has 2 fully saturated rings. The molecule has 1 saturated carbocycles. The van der Waals surface area contributed by atoms with Gasteiger partial charge in [-0.15, -0.1) is 0 Å². The van der Waals surface area contributed by atoms with Crippen LogP contribution in [0.25, 0.3) is 11.1 Å². The standard InChI is InChI=1S/C29H29NO5S/c31-28(29(13-14-29)24-9-12-26-27(19-24)35-20-34-26)18-21-5-4-6-23(17-21)22-7-10-25(11-8-22)36(32,33)30-15-2-1-3-16-30/h4-12,17,19H,1-3,13-16,18,20H2. The minimum absolute atomic E-state index is 0.210. The third-order valence-electron chi connectivity index (χ3n) is 7.64. The van der Waals surface area contributed by atoms with E-state index in [4.69, 9.17) is 9.47 Å². The quantitative estimate of drug-likeness (QED) is 0.449. The molecule has 1 aliphatic carbocycles. The van der Waals surface area contributed by atoms with Crippen molar-refractivity contribution in [1.82, 2.24) is 4.31 Å². The number of hydrogen-bond donors (Lipinski definition) is 0. The molecule has 0 atom stereocenters. The van der Waals surface area contributed by atoms with Gasteiger partial charge in [0.1, 0.15) is 5.78 Å². The normalized spacial score (nSPS) is 18.7. The van der Waals surface area contributed by atoms with Gasteiger partial charge >= 0.3 is 0 Å². The highest BCUT2D eigenvalue weighted by molar-refractivity contribution is 7.89. The number of Topliss-reactive ketones (excluding diaryl/α,β-unsaturated/α-hetero) is 1. The van der Waals surface area contributed by atoms with Crippen molar-refractivity contribution in [2.24, 2.45) is 0 Å². The number of benzene rings is 3. The molecule has 0 amide bonds. The second-order valence-electron chi connectivity index (χ2n) is 9.94. The van der Waals surface area contributed by atoms with E-state index in [0.717, 1.165) is 60.1 Å². The first-order chi connectivity index (χ1) is 17.5. The van der Waals surface area contributed by atoms with Crippen molar-refractivity contribution in [3.8, 4) is 22.6 Å². The molecule has 0 radical (unpaired) electrons. The van der Waals surface area contributed by atoms with Crippen LogP contribution in [0.3, 0.4) is 0 Å². The average Bonchev–Trinajstić information content (AvgIpc) is 3.60. The van der Waals surface area contributed by atoms with Gasteiger partial charge in [-0.1, -0.05) is 48.9 Å². The highest BCUT2D eigenvalue weighted by atomic mass is 32.2. The summed E-state index contributed by atoms with van der Waals surface area (Å²) in [6.45, 7) is 1.40. The van der Waals surface area contributed by atoms with Gasteiger partial charge in [0.05, 0.1) is 10.3 Å². The molecule has 1 saturated heterocycles. The SMILES string of the molecule is O=C(Cc1cccc(-c2ccc(S(=O)(=O)N3CCCCC3)cc2)c1)C1(c2ccc3c(c2)OCO3)CC1. The maximum Gasteiger partial charge on any atom is 0.243 e. The Labute approximate surface area is 211 Å². The van der Waals surface area contributed by atoms with Crippen LogP contribution in [0.1, 0.15) is 43.2 Å². The number of ketones is 1. The molecule has 186 valence electrons. The number of nitrogens with zero attached hydrogens (tertiary/aromatic N) is 1. The summed E-state index contributed by atoms with van der Waals surface area (Å²) in [4.78, 5) is 13.7. The molecule has 7 heteroatoms. The fourth-order valence-electron chi connectivity index (χ4n) is 5.34. The van der Waals surface area contributed by atoms with E-state index < -0.39 is 15.4 Å². The summed E-state index contributed by atoms with van der Waals surface area (Å²) in [5, 5.41) is 0.